The number of fused-ring (bicyclic) bond motifs is 1. The van der Waals surface area contributed by atoms with Crippen LogP contribution in [0.15, 0.2) is 42.5 Å². The molecule has 0 aliphatic heterocycles. The van der Waals surface area contributed by atoms with Crippen LogP contribution >= 0.6 is 0 Å². The van der Waals surface area contributed by atoms with Crippen LogP contribution in [0, 0.1) is 11.6 Å². The number of hydrogen-bond acceptors (Lipinski definition) is 2. The number of nitrogens with two attached hydrogens (primary N) is 1. The zero-order valence-electron chi connectivity index (χ0n) is 11.8. The van der Waals surface area contributed by atoms with Gasteiger partial charge < -0.3 is 11.1 Å². The summed E-state index contributed by atoms with van der Waals surface area (Å²) in [5.74, 6) is -1.08. The Balaban J connectivity index is 1.81. The topological polar surface area (TPSA) is 38.0 Å². The molecule has 0 bridgehead atoms. The number of benzene rings is 2. The van der Waals surface area contributed by atoms with Crippen molar-refractivity contribution in [3.8, 4) is 0 Å². The van der Waals surface area contributed by atoms with Gasteiger partial charge in [0.05, 0.1) is 0 Å². The highest BCUT2D eigenvalue weighted by atomic mass is 19.1. The van der Waals surface area contributed by atoms with E-state index in [2.05, 4.69) is 5.32 Å². The Morgan fingerprint density at radius 3 is 2.57 bits per heavy atom. The van der Waals surface area contributed by atoms with Gasteiger partial charge in [0.1, 0.15) is 11.6 Å². The predicted octanol–water partition coefficient (Wildman–Crippen LogP) is 3.76. The summed E-state index contributed by atoms with van der Waals surface area (Å²) in [5, 5.41) is 3.40. The summed E-state index contributed by atoms with van der Waals surface area (Å²) in [5.41, 5.74) is 8.91. The molecule has 1 aliphatic rings. The lowest BCUT2D eigenvalue weighted by Crippen LogP contribution is -2.24. The molecule has 4 heteroatoms. The second-order valence-electron chi connectivity index (χ2n) is 5.58. The average molecular weight is 288 g/mol. The minimum absolute atomic E-state index is 0.00367. The van der Waals surface area contributed by atoms with Crippen LogP contribution < -0.4 is 11.1 Å². The molecule has 2 aromatic rings. The lowest BCUT2D eigenvalue weighted by atomic mass is 10.0. The smallest absolute Gasteiger partial charge is 0.130 e. The van der Waals surface area contributed by atoms with Gasteiger partial charge in [-0.15, -0.1) is 0 Å². The number of halogens is 2. The molecule has 0 spiro atoms. The van der Waals surface area contributed by atoms with E-state index >= 15 is 0 Å². The molecule has 3 atom stereocenters. The summed E-state index contributed by atoms with van der Waals surface area (Å²) in [6, 6.07) is 11.6. The van der Waals surface area contributed by atoms with Gasteiger partial charge in [0.2, 0.25) is 0 Å². The highest BCUT2D eigenvalue weighted by molar-refractivity contribution is 5.37. The molecule has 0 saturated heterocycles. The van der Waals surface area contributed by atoms with Crippen LogP contribution in [-0.4, -0.2) is 0 Å². The molecule has 3 unspecified atom stereocenters. The Labute approximate surface area is 123 Å². The van der Waals surface area contributed by atoms with E-state index in [9.17, 15) is 8.78 Å². The maximum Gasteiger partial charge on any atom is 0.130 e. The van der Waals surface area contributed by atoms with Gasteiger partial charge in [0.15, 0.2) is 0 Å². The van der Waals surface area contributed by atoms with E-state index in [1.807, 2.05) is 31.2 Å². The third-order valence-corrected chi connectivity index (χ3v) is 4.14. The maximum atomic E-state index is 13.8. The molecule has 21 heavy (non-hydrogen) atoms. The van der Waals surface area contributed by atoms with Crippen LogP contribution in [0.3, 0.4) is 0 Å². The van der Waals surface area contributed by atoms with Crippen molar-refractivity contribution in [2.75, 3.05) is 0 Å². The number of rotatable bonds is 3. The van der Waals surface area contributed by atoms with Gasteiger partial charge >= 0.3 is 0 Å². The minimum atomic E-state index is -0.559. The molecule has 0 heterocycles. The normalized spacial score (nSPS) is 22.1. The molecule has 110 valence electrons. The summed E-state index contributed by atoms with van der Waals surface area (Å²) in [6.45, 7) is 1.88. The van der Waals surface area contributed by atoms with Crippen molar-refractivity contribution in [1.82, 2.24) is 5.32 Å². The Hall–Kier alpha value is -1.78. The lowest BCUT2D eigenvalue weighted by Gasteiger charge is -2.21. The molecule has 0 saturated carbocycles. The second kappa shape index (κ2) is 5.54. The fourth-order valence-corrected chi connectivity index (χ4v) is 3.08. The molecule has 2 aromatic carbocycles. The van der Waals surface area contributed by atoms with E-state index in [0.29, 0.717) is 5.56 Å². The molecule has 0 aromatic heterocycles. The summed E-state index contributed by atoms with van der Waals surface area (Å²) in [7, 11) is 0. The molecular weight excluding hydrogens is 270 g/mol. The zero-order chi connectivity index (χ0) is 15.0. The van der Waals surface area contributed by atoms with E-state index in [1.165, 1.54) is 17.7 Å². The first-order chi connectivity index (χ1) is 10.1. The fraction of sp³-hybridized carbons (Fsp3) is 0.294. The summed E-state index contributed by atoms with van der Waals surface area (Å²) < 4.78 is 26.8. The van der Waals surface area contributed by atoms with E-state index < -0.39 is 11.6 Å². The van der Waals surface area contributed by atoms with Gasteiger partial charge in [-0.05, 0) is 30.5 Å². The van der Waals surface area contributed by atoms with Gasteiger partial charge in [-0.3, -0.25) is 0 Å². The minimum Gasteiger partial charge on any atom is -0.324 e. The number of hydrogen-bond donors (Lipinski definition) is 2. The largest absolute Gasteiger partial charge is 0.324 e. The third-order valence-electron chi connectivity index (χ3n) is 4.14. The second-order valence-corrected chi connectivity index (χ2v) is 5.58. The highest BCUT2D eigenvalue weighted by Crippen LogP contribution is 2.38. The molecular formula is C17H18F2N2. The molecule has 2 nitrogen and oxygen atoms in total. The molecule has 3 N–H and O–H groups in total. The molecule has 1 aliphatic carbocycles. The Morgan fingerprint density at radius 2 is 1.86 bits per heavy atom. The van der Waals surface area contributed by atoms with Crippen LogP contribution in [0.5, 0.6) is 0 Å². The summed E-state index contributed by atoms with van der Waals surface area (Å²) in [4.78, 5) is 0. The van der Waals surface area contributed by atoms with Crippen molar-refractivity contribution in [2.45, 2.75) is 31.5 Å². The van der Waals surface area contributed by atoms with Crippen LogP contribution in [-0.2, 0) is 0 Å². The first kappa shape index (κ1) is 14.2. The molecule has 0 fully saturated rings. The summed E-state index contributed by atoms with van der Waals surface area (Å²) >= 11 is 0. The zero-order valence-corrected chi connectivity index (χ0v) is 11.8. The average Bonchev–Trinajstić information content (AvgIpc) is 2.76. The van der Waals surface area contributed by atoms with E-state index in [0.717, 1.165) is 18.1 Å². The number of nitrogens with one attached hydrogen (secondary N) is 1. The fourth-order valence-electron chi connectivity index (χ4n) is 3.08. The van der Waals surface area contributed by atoms with Gasteiger partial charge in [0, 0.05) is 29.8 Å². The molecule has 3 rings (SSSR count). The Morgan fingerprint density at radius 1 is 1.14 bits per heavy atom. The van der Waals surface area contributed by atoms with Gasteiger partial charge in [-0.1, -0.05) is 30.3 Å². The molecule has 0 radical (unpaired) electrons. The van der Waals surface area contributed by atoms with Crippen LogP contribution in [0.1, 0.15) is 48.2 Å². The van der Waals surface area contributed by atoms with Crippen LogP contribution in [0.2, 0.25) is 0 Å². The van der Waals surface area contributed by atoms with Gasteiger partial charge in [-0.25, -0.2) is 8.78 Å². The SMILES string of the molecule is CC(NC1CC(N)c2ccccc21)c1ccc(F)cc1F. The van der Waals surface area contributed by atoms with Crippen molar-refractivity contribution in [3.63, 3.8) is 0 Å². The molecule has 0 amide bonds. The van der Waals surface area contributed by atoms with E-state index in [1.54, 1.807) is 0 Å². The van der Waals surface area contributed by atoms with Gasteiger partial charge in [0.25, 0.3) is 0 Å². The Kier molecular flexibility index (Phi) is 3.74. The first-order valence-corrected chi connectivity index (χ1v) is 7.11. The lowest BCUT2D eigenvalue weighted by molar-refractivity contribution is 0.433. The van der Waals surface area contributed by atoms with Gasteiger partial charge in [-0.2, -0.15) is 0 Å². The summed E-state index contributed by atoms with van der Waals surface area (Å²) in [6.07, 6.45) is 0.784. The highest BCUT2D eigenvalue weighted by Gasteiger charge is 2.29. The van der Waals surface area contributed by atoms with Crippen molar-refractivity contribution >= 4 is 0 Å². The van der Waals surface area contributed by atoms with Crippen molar-refractivity contribution in [3.05, 3.63) is 70.8 Å². The monoisotopic (exact) mass is 288 g/mol. The predicted molar refractivity (Wildman–Crippen MR) is 78.6 cm³/mol. The third kappa shape index (κ3) is 2.69. The van der Waals surface area contributed by atoms with E-state index in [4.69, 9.17) is 5.73 Å². The van der Waals surface area contributed by atoms with Crippen molar-refractivity contribution in [2.24, 2.45) is 5.73 Å². The first-order valence-electron chi connectivity index (χ1n) is 7.11. The standard InChI is InChI=1S/C17H18F2N2/c1-10(12-7-6-11(18)8-15(12)19)21-17-9-16(20)13-4-2-3-5-14(13)17/h2-8,10,16-17,21H,9,20H2,1H3. The van der Waals surface area contributed by atoms with E-state index in [-0.39, 0.29) is 18.1 Å². The quantitative estimate of drug-likeness (QED) is 0.902. The Bertz CT molecular complexity index is 657. The maximum absolute atomic E-state index is 13.8. The van der Waals surface area contributed by atoms with Crippen molar-refractivity contribution in [1.29, 1.82) is 0 Å². The van der Waals surface area contributed by atoms with Crippen molar-refractivity contribution < 1.29 is 8.78 Å². The van der Waals surface area contributed by atoms with Crippen LogP contribution in [0.25, 0.3) is 0 Å². The van der Waals surface area contributed by atoms with Crippen LogP contribution in [0.4, 0.5) is 8.78 Å².